The molecule has 0 fully saturated rings. The average molecular weight is 330 g/mol. The highest BCUT2D eigenvalue weighted by Crippen LogP contribution is 2.27. The van der Waals surface area contributed by atoms with Gasteiger partial charge in [-0.05, 0) is 47.5 Å². The molecule has 122 valence electrons. The van der Waals surface area contributed by atoms with Crippen molar-refractivity contribution in [3.05, 3.63) is 48.2 Å². The van der Waals surface area contributed by atoms with Gasteiger partial charge in [0.05, 0.1) is 7.11 Å². The summed E-state index contributed by atoms with van der Waals surface area (Å²) in [5, 5.41) is 0.313. The van der Waals surface area contributed by atoms with E-state index in [0.29, 0.717) is 22.5 Å². The molecule has 2 aromatic rings. The zero-order valence-electron chi connectivity index (χ0n) is 14.2. The second-order valence-corrected chi connectivity index (χ2v) is 6.58. The molecule has 0 spiro atoms. The molecule has 4 nitrogen and oxygen atoms in total. The van der Waals surface area contributed by atoms with Crippen molar-refractivity contribution in [2.24, 2.45) is 0 Å². The third-order valence-electron chi connectivity index (χ3n) is 3.47. The summed E-state index contributed by atoms with van der Waals surface area (Å²) < 4.78 is 11.1. The van der Waals surface area contributed by atoms with E-state index in [9.17, 15) is 0 Å². The lowest BCUT2D eigenvalue weighted by molar-refractivity contribution is 0.413. The third-order valence-corrected chi connectivity index (χ3v) is 3.82. The first kappa shape index (κ1) is 17.2. The summed E-state index contributed by atoms with van der Waals surface area (Å²) in [5.41, 5.74) is 1.24. The molecule has 0 aliphatic carbocycles. The van der Waals surface area contributed by atoms with Crippen molar-refractivity contribution in [1.29, 1.82) is 0 Å². The molecule has 0 atom stereocenters. The molecule has 1 aromatic carbocycles. The van der Waals surface area contributed by atoms with E-state index in [4.69, 9.17) is 21.7 Å². The highest BCUT2D eigenvalue weighted by atomic mass is 32.1. The SMILES string of the molecule is COc1cccnc1N(C)C(=S)Oc1cccc(C(C)(C)C)c1. The fourth-order valence-corrected chi connectivity index (χ4v) is 2.26. The average Bonchev–Trinajstić information content (AvgIpc) is 2.53. The topological polar surface area (TPSA) is 34.6 Å². The van der Waals surface area contributed by atoms with Gasteiger partial charge in [0.25, 0.3) is 5.17 Å². The Balaban J connectivity index is 2.19. The molecule has 0 amide bonds. The van der Waals surface area contributed by atoms with Crippen LogP contribution in [0.2, 0.25) is 0 Å². The Bertz CT molecular complexity index is 695. The van der Waals surface area contributed by atoms with Gasteiger partial charge in [-0.3, -0.25) is 4.90 Å². The summed E-state index contributed by atoms with van der Waals surface area (Å²) >= 11 is 5.39. The van der Waals surface area contributed by atoms with E-state index in [1.54, 1.807) is 25.3 Å². The monoisotopic (exact) mass is 330 g/mol. The molecule has 0 aliphatic heterocycles. The van der Waals surface area contributed by atoms with Crippen molar-refractivity contribution in [3.63, 3.8) is 0 Å². The van der Waals surface area contributed by atoms with Crippen LogP contribution in [0, 0.1) is 0 Å². The van der Waals surface area contributed by atoms with Crippen LogP contribution in [0.5, 0.6) is 11.5 Å². The van der Waals surface area contributed by atoms with Crippen LogP contribution in [0.1, 0.15) is 26.3 Å². The van der Waals surface area contributed by atoms with Crippen LogP contribution in [0.3, 0.4) is 0 Å². The largest absolute Gasteiger partial charge is 0.493 e. The van der Waals surface area contributed by atoms with Gasteiger partial charge < -0.3 is 9.47 Å². The summed E-state index contributed by atoms with van der Waals surface area (Å²) in [5.74, 6) is 1.97. The van der Waals surface area contributed by atoms with E-state index >= 15 is 0 Å². The Morgan fingerprint density at radius 1 is 1.17 bits per heavy atom. The molecule has 0 saturated heterocycles. The molecule has 0 unspecified atom stereocenters. The van der Waals surface area contributed by atoms with E-state index in [1.807, 2.05) is 30.3 Å². The molecule has 23 heavy (non-hydrogen) atoms. The van der Waals surface area contributed by atoms with Crippen LogP contribution in [0.25, 0.3) is 0 Å². The van der Waals surface area contributed by atoms with E-state index in [-0.39, 0.29) is 5.41 Å². The maximum absolute atomic E-state index is 5.83. The highest BCUT2D eigenvalue weighted by Gasteiger charge is 2.17. The van der Waals surface area contributed by atoms with Crippen LogP contribution in [0.15, 0.2) is 42.6 Å². The molecular weight excluding hydrogens is 308 g/mol. The quantitative estimate of drug-likeness (QED) is 0.789. The minimum atomic E-state index is 0.0527. The number of hydrogen-bond donors (Lipinski definition) is 0. The van der Waals surface area contributed by atoms with E-state index in [2.05, 4.69) is 31.8 Å². The van der Waals surface area contributed by atoms with Crippen LogP contribution >= 0.6 is 12.2 Å². The van der Waals surface area contributed by atoms with Crippen molar-refractivity contribution in [2.75, 3.05) is 19.1 Å². The summed E-state index contributed by atoms with van der Waals surface area (Å²) in [4.78, 5) is 5.99. The van der Waals surface area contributed by atoms with Crippen LogP contribution < -0.4 is 14.4 Å². The van der Waals surface area contributed by atoms with Crippen molar-refractivity contribution in [3.8, 4) is 11.5 Å². The Kier molecular flexibility index (Phi) is 5.21. The highest BCUT2D eigenvalue weighted by molar-refractivity contribution is 7.80. The summed E-state index contributed by atoms with van der Waals surface area (Å²) in [6, 6.07) is 11.6. The molecule has 0 aliphatic rings. The molecule has 1 aromatic heterocycles. The lowest BCUT2D eigenvalue weighted by Gasteiger charge is -2.22. The van der Waals surface area contributed by atoms with Gasteiger partial charge in [-0.1, -0.05) is 32.9 Å². The molecule has 0 radical (unpaired) electrons. The van der Waals surface area contributed by atoms with Crippen molar-refractivity contribution in [2.45, 2.75) is 26.2 Å². The lowest BCUT2D eigenvalue weighted by Crippen LogP contribution is -2.30. The standard InChI is InChI=1S/C18H22N2O2S/c1-18(2,3)13-8-6-9-14(12-13)22-17(23)20(4)16-15(21-5)10-7-11-19-16/h6-12H,1-5H3. The summed E-state index contributed by atoms with van der Waals surface area (Å²) in [6.07, 6.45) is 1.69. The van der Waals surface area contributed by atoms with Gasteiger partial charge in [-0.2, -0.15) is 0 Å². The summed E-state index contributed by atoms with van der Waals surface area (Å²) in [7, 11) is 3.41. The Labute approximate surface area is 143 Å². The minimum absolute atomic E-state index is 0.0527. The number of ether oxygens (including phenoxy) is 2. The molecular formula is C18H22N2O2S. The molecule has 0 saturated carbocycles. The van der Waals surface area contributed by atoms with Gasteiger partial charge in [0.2, 0.25) is 0 Å². The Hall–Kier alpha value is -2.14. The molecule has 1 heterocycles. The Morgan fingerprint density at radius 2 is 1.91 bits per heavy atom. The van der Waals surface area contributed by atoms with Gasteiger partial charge in [0.1, 0.15) is 5.75 Å². The predicted octanol–water partition coefficient (Wildman–Crippen LogP) is 4.19. The van der Waals surface area contributed by atoms with E-state index < -0.39 is 0 Å². The first-order valence-electron chi connectivity index (χ1n) is 7.38. The maximum Gasteiger partial charge on any atom is 0.270 e. The molecule has 2 rings (SSSR count). The number of thiocarbonyl (C=S) groups is 1. The number of nitrogens with zero attached hydrogens (tertiary/aromatic N) is 2. The van der Waals surface area contributed by atoms with Crippen LogP contribution in [-0.2, 0) is 5.41 Å². The third kappa shape index (κ3) is 4.20. The first-order chi connectivity index (χ1) is 10.8. The normalized spacial score (nSPS) is 11.0. The predicted molar refractivity (Wildman–Crippen MR) is 97.6 cm³/mol. The van der Waals surface area contributed by atoms with E-state index in [1.165, 1.54) is 5.56 Å². The minimum Gasteiger partial charge on any atom is -0.493 e. The smallest absolute Gasteiger partial charge is 0.270 e. The maximum atomic E-state index is 5.83. The molecule has 5 heteroatoms. The molecule has 0 bridgehead atoms. The number of methoxy groups -OCH3 is 1. The van der Waals surface area contributed by atoms with E-state index in [0.717, 1.165) is 0 Å². The number of benzene rings is 1. The van der Waals surface area contributed by atoms with Gasteiger partial charge in [0.15, 0.2) is 11.6 Å². The van der Waals surface area contributed by atoms with Gasteiger partial charge in [-0.25, -0.2) is 4.98 Å². The second kappa shape index (κ2) is 6.96. The zero-order chi connectivity index (χ0) is 17.0. The van der Waals surface area contributed by atoms with Crippen LogP contribution in [0.4, 0.5) is 5.82 Å². The van der Waals surface area contributed by atoms with Crippen molar-refractivity contribution >= 4 is 23.2 Å². The van der Waals surface area contributed by atoms with Gasteiger partial charge in [0, 0.05) is 13.2 Å². The lowest BCUT2D eigenvalue weighted by atomic mass is 9.87. The fourth-order valence-electron chi connectivity index (χ4n) is 2.08. The second-order valence-electron chi connectivity index (χ2n) is 6.23. The van der Waals surface area contributed by atoms with Crippen LogP contribution in [-0.4, -0.2) is 24.3 Å². The van der Waals surface area contributed by atoms with Gasteiger partial charge in [-0.15, -0.1) is 0 Å². The zero-order valence-corrected chi connectivity index (χ0v) is 15.0. The number of hydrogen-bond acceptors (Lipinski definition) is 4. The number of aromatic nitrogens is 1. The number of anilines is 1. The first-order valence-corrected chi connectivity index (χ1v) is 7.79. The van der Waals surface area contributed by atoms with Crippen molar-refractivity contribution in [1.82, 2.24) is 4.98 Å². The Morgan fingerprint density at radius 3 is 2.57 bits per heavy atom. The number of rotatable bonds is 3. The summed E-state index contributed by atoms with van der Waals surface area (Å²) in [6.45, 7) is 6.49. The van der Waals surface area contributed by atoms with Gasteiger partial charge >= 0.3 is 0 Å². The molecule has 0 N–H and O–H groups in total. The van der Waals surface area contributed by atoms with Crippen molar-refractivity contribution < 1.29 is 9.47 Å². The number of pyridine rings is 1. The fraction of sp³-hybridized carbons (Fsp3) is 0.333.